The van der Waals surface area contributed by atoms with Gasteiger partial charge in [-0.3, -0.25) is 48.6 Å². The molecule has 414 valence electrons. The molecule has 2 aliphatic rings. The van der Waals surface area contributed by atoms with E-state index in [2.05, 4.69) is 42.5 Å². The zero-order chi connectivity index (χ0) is 56.4. The molecule has 0 unspecified atom stereocenters. The van der Waals surface area contributed by atoms with Crippen molar-refractivity contribution in [2.75, 3.05) is 26.2 Å². The van der Waals surface area contributed by atoms with Crippen LogP contribution < -0.4 is 48.3 Å². The lowest BCUT2D eigenvalue weighted by atomic mass is 9.98. The molecule has 1 heterocycles. The number of carboxylic acid groups (broad SMARTS) is 3. The average molecular weight is 1060 g/mol. The Hall–Kier alpha value is -8.32. The van der Waals surface area contributed by atoms with E-state index in [4.69, 9.17) is 15.9 Å². The number of carbonyl (C=O) groups is 11. The van der Waals surface area contributed by atoms with Gasteiger partial charge in [0.1, 0.15) is 48.9 Å². The van der Waals surface area contributed by atoms with E-state index in [1.807, 2.05) is 48.5 Å². The highest BCUT2D eigenvalue weighted by molar-refractivity contribution is 5.98. The standard InChI is InChI=1S/C50H69N11O15/c1-25(2)20-34(45(70)60-41(26(3)4)46(71)57-33(16-10-18-53-49(51)52)47(72)61-19-11-17-37(61)48(73)74)56-38(62)23-54-42(67)27(5)55-43(68)35(21-39(63)64)58-44(69)36(22-40(65)66)59-50(75)76-24-32-30-14-8-6-12-28(30)29-13-7-9-15-31(29)32/h6-9,12-15,25-27,32-37,41H,10-11,16-24H2,1-5H3,(H,54,67)(H,55,68)(H,56,62)(H,57,71)(H,58,69)(H,59,75)(H,60,70)(H,63,64)(H,65,66)(H,73,74)(H4,51,52,53)/t27-,33-,34-,35-,36-,37-,41-/m0/s1. The Bertz CT molecular complexity index is 2460. The summed E-state index contributed by atoms with van der Waals surface area (Å²) >= 11 is 0. The van der Waals surface area contributed by atoms with Gasteiger partial charge in [0, 0.05) is 19.0 Å². The summed E-state index contributed by atoms with van der Waals surface area (Å²) in [6, 6.07) is 4.98. The molecule has 0 spiro atoms. The molecule has 76 heavy (non-hydrogen) atoms. The van der Waals surface area contributed by atoms with Crippen molar-refractivity contribution in [1.29, 1.82) is 5.41 Å². The van der Waals surface area contributed by atoms with Gasteiger partial charge in [-0.2, -0.15) is 0 Å². The maximum absolute atomic E-state index is 13.8. The molecule has 2 aromatic rings. The number of ether oxygens (including phenoxy) is 1. The van der Waals surface area contributed by atoms with E-state index < -0.39 is 133 Å². The van der Waals surface area contributed by atoms with Crippen LogP contribution in [-0.2, 0) is 52.7 Å². The molecule has 8 amide bonds. The van der Waals surface area contributed by atoms with E-state index in [1.54, 1.807) is 27.7 Å². The highest BCUT2D eigenvalue weighted by atomic mass is 16.5. The van der Waals surface area contributed by atoms with Crippen molar-refractivity contribution in [3.8, 4) is 11.1 Å². The lowest BCUT2D eigenvalue weighted by Crippen LogP contribution is -2.59. The Morgan fingerprint density at radius 2 is 1.24 bits per heavy atom. The molecule has 7 atom stereocenters. The SMILES string of the molecule is CC(C)C[C@H](NC(=O)CNC(=O)[C@H](C)NC(=O)[C@H](CC(=O)O)NC(=O)[C@H](CC(=O)O)NC(=O)OCC1c2ccccc2-c2ccccc21)C(=O)N[C@H](C(=O)N[C@@H](CCCNC(=N)N)C(=O)N1CCC[C@H]1C(=O)O)C(C)C. The zero-order valence-electron chi connectivity index (χ0n) is 42.9. The molecule has 1 saturated heterocycles. The summed E-state index contributed by atoms with van der Waals surface area (Å²) in [4.78, 5) is 144. The van der Waals surface area contributed by atoms with Gasteiger partial charge in [-0.1, -0.05) is 76.2 Å². The number of amides is 8. The Balaban J connectivity index is 1.34. The first-order valence-corrected chi connectivity index (χ1v) is 24.8. The predicted octanol–water partition coefficient (Wildman–Crippen LogP) is -0.556. The summed E-state index contributed by atoms with van der Waals surface area (Å²) in [7, 11) is 0. The molecule has 26 nitrogen and oxygen atoms in total. The number of nitrogens with two attached hydrogens (primary N) is 1. The van der Waals surface area contributed by atoms with Gasteiger partial charge >= 0.3 is 24.0 Å². The van der Waals surface area contributed by atoms with Crippen LogP contribution in [0.15, 0.2) is 48.5 Å². The van der Waals surface area contributed by atoms with Gasteiger partial charge in [-0.15, -0.1) is 0 Å². The van der Waals surface area contributed by atoms with Gasteiger partial charge in [0.05, 0.1) is 19.4 Å². The third-order valence-electron chi connectivity index (χ3n) is 12.5. The van der Waals surface area contributed by atoms with Gasteiger partial charge in [0.2, 0.25) is 41.4 Å². The van der Waals surface area contributed by atoms with Crippen molar-refractivity contribution >= 4 is 71.3 Å². The van der Waals surface area contributed by atoms with E-state index in [0.717, 1.165) is 22.3 Å². The first kappa shape index (κ1) is 60.2. The molecule has 14 N–H and O–H groups in total. The summed E-state index contributed by atoms with van der Waals surface area (Å²) in [6.07, 6.45) is -2.19. The number of rotatable bonds is 28. The monoisotopic (exact) mass is 1060 g/mol. The Kier molecular flexibility index (Phi) is 22.5. The van der Waals surface area contributed by atoms with Gasteiger partial charge in [0.15, 0.2) is 5.96 Å². The molecule has 0 bridgehead atoms. The number of guanidine groups is 1. The number of carboxylic acids is 3. The molecule has 0 radical (unpaired) electrons. The lowest BCUT2D eigenvalue weighted by Gasteiger charge is -2.30. The molecular formula is C50H69N11O15. The van der Waals surface area contributed by atoms with Crippen LogP contribution in [-0.4, -0.2) is 160 Å². The van der Waals surface area contributed by atoms with Crippen LogP contribution in [0.5, 0.6) is 0 Å². The number of nitrogens with one attached hydrogen (secondary N) is 9. The number of alkyl carbamates (subject to hydrolysis) is 1. The van der Waals surface area contributed by atoms with E-state index in [9.17, 15) is 68.1 Å². The van der Waals surface area contributed by atoms with Crippen LogP contribution in [0.4, 0.5) is 4.79 Å². The normalized spacial score (nSPS) is 16.0. The second kappa shape index (κ2) is 28.4. The molecular weight excluding hydrogens is 995 g/mol. The van der Waals surface area contributed by atoms with Crippen LogP contribution in [0.3, 0.4) is 0 Å². The molecule has 26 heteroatoms. The van der Waals surface area contributed by atoms with Gasteiger partial charge < -0.3 is 73.2 Å². The predicted molar refractivity (Wildman–Crippen MR) is 271 cm³/mol. The van der Waals surface area contributed by atoms with Crippen LogP contribution >= 0.6 is 0 Å². The van der Waals surface area contributed by atoms with Crippen LogP contribution in [0.2, 0.25) is 0 Å². The number of fused-ring (bicyclic) bond motifs is 3. The maximum atomic E-state index is 13.8. The summed E-state index contributed by atoms with van der Waals surface area (Å²) in [5, 5.41) is 55.5. The summed E-state index contributed by atoms with van der Waals surface area (Å²) < 4.78 is 5.44. The number of nitrogens with zero attached hydrogens (tertiary/aromatic N) is 1. The lowest BCUT2D eigenvalue weighted by molar-refractivity contribution is -0.149. The third-order valence-corrected chi connectivity index (χ3v) is 12.5. The van der Waals surface area contributed by atoms with Crippen molar-refractivity contribution in [1.82, 2.24) is 47.4 Å². The Morgan fingerprint density at radius 1 is 0.684 bits per heavy atom. The molecule has 2 aromatic carbocycles. The van der Waals surface area contributed by atoms with Crippen molar-refractivity contribution in [2.24, 2.45) is 17.6 Å². The number of carbonyl (C=O) groups excluding carboxylic acids is 8. The number of aliphatic carboxylic acids is 3. The van der Waals surface area contributed by atoms with Crippen LogP contribution in [0.1, 0.15) is 96.6 Å². The van der Waals surface area contributed by atoms with Gasteiger partial charge in [0.25, 0.3) is 0 Å². The minimum atomic E-state index is -1.90. The maximum Gasteiger partial charge on any atom is 0.407 e. The van der Waals surface area contributed by atoms with Crippen LogP contribution in [0, 0.1) is 17.2 Å². The van der Waals surface area contributed by atoms with Crippen molar-refractivity contribution in [3.05, 3.63) is 59.7 Å². The average Bonchev–Trinajstić information content (AvgIpc) is 3.97. The van der Waals surface area contributed by atoms with Gasteiger partial charge in [-0.25, -0.2) is 9.59 Å². The number of benzene rings is 2. The Labute approximate surface area is 438 Å². The quantitative estimate of drug-likeness (QED) is 0.0289. The molecule has 0 aromatic heterocycles. The second-order valence-corrected chi connectivity index (χ2v) is 19.3. The van der Waals surface area contributed by atoms with E-state index in [1.165, 1.54) is 11.8 Å². The van der Waals surface area contributed by atoms with E-state index >= 15 is 0 Å². The fraction of sp³-hybridized carbons (Fsp3) is 0.520. The molecule has 4 rings (SSSR count). The summed E-state index contributed by atoms with van der Waals surface area (Å²) in [6.45, 7) is 7.37. The molecule has 1 aliphatic heterocycles. The molecule has 1 aliphatic carbocycles. The van der Waals surface area contributed by atoms with E-state index in [-0.39, 0.29) is 63.2 Å². The van der Waals surface area contributed by atoms with Crippen molar-refractivity contribution in [3.63, 3.8) is 0 Å². The molecule has 0 saturated carbocycles. The topological polar surface area (TPSA) is 407 Å². The fourth-order valence-electron chi connectivity index (χ4n) is 8.80. The number of hydrogen-bond acceptors (Lipinski definition) is 13. The van der Waals surface area contributed by atoms with Crippen molar-refractivity contribution in [2.45, 2.75) is 128 Å². The highest BCUT2D eigenvalue weighted by Crippen LogP contribution is 2.44. The van der Waals surface area contributed by atoms with Crippen molar-refractivity contribution < 1.29 is 72.8 Å². The molecule has 1 fully saturated rings. The van der Waals surface area contributed by atoms with E-state index in [0.29, 0.717) is 6.42 Å². The summed E-state index contributed by atoms with van der Waals surface area (Å²) in [5.41, 5.74) is 9.03. The minimum Gasteiger partial charge on any atom is -0.481 e. The van der Waals surface area contributed by atoms with Gasteiger partial charge in [-0.05, 0) is 73.1 Å². The second-order valence-electron chi connectivity index (χ2n) is 19.3. The number of hydrogen-bond donors (Lipinski definition) is 13. The Morgan fingerprint density at radius 3 is 1.79 bits per heavy atom. The first-order chi connectivity index (χ1) is 35.9. The summed E-state index contributed by atoms with van der Waals surface area (Å²) in [5.74, 6) is -12.2. The fourth-order valence-corrected chi connectivity index (χ4v) is 8.80. The largest absolute Gasteiger partial charge is 0.481 e. The zero-order valence-corrected chi connectivity index (χ0v) is 42.9. The third kappa shape index (κ3) is 17.7. The minimum absolute atomic E-state index is 0.0340. The number of likely N-dealkylation sites (tertiary alicyclic amines) is 1. The van der Waals surface area contributed by atoms with Crippen LogP contribution in [0.25, 0.3) is 11.1 Å². The smallest absolute Gasteiger partial charge is 0.407 e. The first-order valence-electron chi connectivity index (χ1n) is 24.8. The highest BCUT2D eigenvalue weighted by Gasteiger charge is 2.39.